The van der Waals surface area contributed by atoms with Crippen LogP contribution in [0.25, 0.3) is 0 Å². The van der Waals surface area contributed by atoms with Gasteiger partial charge in [-0.2, -0.15) is 16.7 Å². The molecule has 1 unspecified atom stereocenters. The molecule has 0 radical (unpaired) electrons. The van der Waals surface area contributed by atoms with E-state index in [4.69, 9.17) is 4.52 Å². The standard InChI is InChI=1S/C9H14N4O2S/c1-16-5-7-12-8(15-13-7)4-6-9(14)11-3-2-10-6/h6,10H,2-5H2,1H3,(H,11,14). The molecule has 88 valence electrons. The smallest absolute Gasteiger partial charge is 0.237 e. The van der Waals surface area contributed by atoms with E-state index in [0.29, 0.717) is 24.7 Å². The highest BCUT2D eigenvalue weighted by Crippen LogP contribution is 2.07. The number of amides is 1. The van der Waals surface area contributed by atoms with Gasteiger partial charge in [-0.25, -0.2) is 0 Å². The van der Waals surface area contributed by atoms with Crippen LogP contribution in [0.5, 0.6) is 0 Å². The molecule has 1 aliphatic rings. The Bertz CT molecular complexity index is 368. The lowest BCUT2D eigenvalue weighted by atomic mass is 10.1. The second-order valence-electron chi connectivity index (χ2n) is 3.54. The molecule has 1 aliphatic heterocycles. The van der Waals surface area contributed by atoms with Crippen LogP contribution in [0, 0.1) is 0 Å². The van der Waals surface area contributed by atoms with Gasteiger partial charge in [0.25, 0.3) is 0 Å². The zero-order valence-electron chi connectivity index (χ0n) is 9.02. The number of carbonyl (C=O) groups is 1. The van der Waals surface area contributed by atoms with Gasteiger partial charge in [-0.05, 0) is 6.26 Å². The Kier molecular flexibility index (Phi) is 3.79. The van der Waals surface area contributed by atoms with Gasteiger partial charge in [0.2, 0.25) is 11.8 Å². The predicted octanol–water partition coefficient (Wildman–Crippen LogP) is -0.437. The summed E-state index contributed by atoms with van der Waals surface area (Å²) in [6.07, 6.45) is 2.43. The normalized spacial score (nSPS) is 20.8. The van der Waals surface area contributed by atoms with Crippen molar-refractivity contribution in [3.05, 3.63) is 11.7 Å². The van der Waals surface area contributed by atoms with Crippen molar-refractivity contribution in [3.63, 3.8) is 0 Å². The Morgan fingerprint density at radius 3 is 3.19 bits per heavy atom. The van der Waals surface area contributed by atoms with Crippen LogP contribution in [-0.4, -0.2) is 41.4 Å². The minimum absolute atomic E-state index is 0.00383. The quantitative estimate of drug-likeness (QED) is 0.745. The number of rotatable bonds is 4. The molecular weight excluding hydrogens is 228 g/mol. The van der Waals surface area contributed by atoms with Crippen molar-refractivity contribution in [1.29, 1.82) is 0 Å². The SMILES string of the molecule is CSCc1noc(CC2NCCNC2=O)n1. The molecule has 1 saturated heterocycles. The number of nitrogens with zero attached hydrogens (tertiary/aromatic N) is 2. The number of nitrogens with one attached hydrogen (secondary N) is 2. The molecule has 0 spiro atoms. The Hall–Kier alpha value is -1.08. The van der Waals surface area contributed by atoms with Crippen molar-refractivity contribution in [3.8, 4) is 0 Å². The first-order chi connectivity index (χ1) is 7.79. The average Bonchev–Trinajstić information content (AvgIpc) is 2.70. The molecule has 1 amide bonds. The summed E-state index contributed by atoms with van der Waals surface area (Å²) in [6, 6.07) is -0.253. The summed E-state index contributed by atoms with van der Waals surface area (Å²) in [4.78, 5) is 15.7. The maximum atomic E-state index is 11.5. The third-order valence-electron chi connectivity index (χ3n) is 2.29. The van der Waals surface area contributed by atoms with Crippen molar-refractivity contribution >= 4 is 17.7 Å². The van der Waals surface area contributed by atoms with E-state index in [1.54, 1.807) is 11.8 Å². The number of carbonyl (C=O) groups excluding carboxylic acids is 1. The number of hydrogen-bond donors (Lipinski definition) is 2. The topological polar surface area (TPSA) is 80.0 Å². The fraction of sp³-hybridized carbons (Fsp3) is 0.667. The van der Waals surface area contributed by atoms with E-state index in [0.717, 1.165) is 12.3 Å². The highest BCUT2D eigenvalue weighted by molar-refractivity contribution is 7.97. The van der Waals surface area contributed by atoms with Gasteiger partial charge in [-0.3, -0.25) is 4.79 Å². The number of hydrogen-bond acceptors (Lipinski definition) is 6. The first-order valence-corrected chi connectivity index (χ1v) is 6.50. The molecule has 2 heterocycles. The van der Waals surface area contributed by atoms with Crippen LogP contribution in [0.2, 0.25) is 0 Å². The summed E-state index contributed by atoms with van der Waals surface area (Å²) in [7, 11) is 0. The number of aromatic nitrogens is 2. The molecule has 6 nitrogen and oxygen atoms in total. The average molecular weight is 242 g/mol. The van der Waals surface area contributed by atoms with E-state index < -0.39 is 0 Å². The second-order valence-corrected chi connectivity index (χ2v) is 4.41. The van der Waals surface area contributed by atoms with E-state index in [1.807, 2.05) is 6.26 Å². The van der Waals surface area contributed by atoms with E-state index in [9.17, 15) is 4.79 Å². The first-order valence-electron chi connectivity index (χ1n) is 5.11. The molecule has 0 saturated carbocycles. The molecule has 1 atom stereocenters. The van der Waals surface area contributed by atoms with Crippen LogP contribution in [0.3, 0.4) is 0 Å². The Morgan fingerprint density at radius 1 is 1.56 bits per heavy atom. The van der Waals surface area contributed by atoms with E-state index in [2.05, 4.69) is 20.8 Å². The number of thioether (sulfide) groups is 1. The summed E-state index contributed by atoms with van der Waals surface area (Å²) in [5.74, 6) is 1.92. The maximum Gasteiger partial charge on any atom is 0.237 e. The molecule has 1 aromatic heterocycles. The summed E-state index contributed by atoms with van der Waals surface area (Å²) < 4.78 is 5.07. The van der Waals surface area contributed by atoms with Crippen LogP contribution in [-0.2, 0) is 17.0 Å². The van der Waals surface area contributed by atoms with Crippen molar-refractivity contribution in [2.45, 2.75) is 18.2 Å². The Morgan fingerprint density at radius 2 is 2.44 bits per heavy atom. The molecule has 0 aromatic carbocycles. The van der Waals surface area contributed by atoms with Gasteiger partial charge < -0.3 is 15.2 Å². The zero-order chi connectivity index (χ0) is 11.4. The maximum absolute atomic E-state index is 11.5. The minimum atomic E-state index is -0.253. The summed E-state index contributed by atoms with van der Waals surface area (Å²) in [6.45, 7) is 1.46. The van der Waals surface area contributed by atoms with E-state index in [1.165, 1.54) is 0 Å². The molecule has 1 fully saturated rings. The molecule has 16 heavy (non-hydrogen) atoms. The van der Waals surface area contributed by atoms with Crippen molar-refractivity contribution in [2.75, 3.05) is 19.3 Å². The lowest BCUT2D eigenvalue weighted by molar-refractivity contribution is -0.124. The summed E-state index contributed by atoms with van der Waals surface area (Å²) in [5, 5.41) is 9.73. The third-order valence-corrected chi connectivity index (χ3v) is 2.84. The van der Waals surface area contributed by atoms with Crippen LogP contribution in [0.4, 0.5) is 0 Å². The minimum Gasteiger partial charge on any atom is -0.353 e. The van der Waals surface area contributed by atoms with Gasteiger partial charge in [-0.1, -0.05) is 5.16 Å². The van der Waals surface area contributed by atoms with Gasteiger partial charge in [0, 0.05) is 13.1 Å². The second kappa shape index (κ2) is 5.31. The van der Waals surface area contributed by atoms with Crippen molar-refractivity contribution in [1.82, 2.24) is 20.8 Å². The van der Waals surface area contributed by atoms with Crippen LogP contribution in [0.1, 0.15) is 11.7 Å². The summed E-state index contributed by atoms with van der Waals surface area (Å²) >= 11 is 1.63. The van der Waals surface area contributed by atoms with Crippen molar-refractivity contribution in [2.24, 2.45) is 0 Å². The molecule has 0 bridgehead atoms. The molecule has 1 aromatic rings. The van der Waals surface area contributed by atoms with Gasteiger partial charge >= 0.3 is 0 Å². The molecule has 2 N–H and O–H groups in total. The van der Waals surface area contributed by atoms with Crippen LogP contribution >= 0.6 is 11.8 Å². The zero-order valence-corrected chi connectivity index (χ0v) is 9.84. The number of piperazine rings is 1. The Balaban J connectivity index is 1.94. The molecule has 7 heteroatoms. The van der Waals surface area contributed by atoms with Gasteiger partial charge in [0.15, 0.2) is 5.82 Å². The Labute approximate surface area is 97.5 Å². The highest BCUT2D eigenvalue weighted by atomic mass is 32.2. The van der Waals surface area contributed by atoms with E-state index >= 15 is 0 Å². The predicted molar refractivity (Wildman–Crippen MR) is 60.0 cm³/mol. The van der Waals surface area contributed by atoms with E-state index in [-0.39, 0.29) is 11.9 Å². The van der Waals surface area contributed by atoms with Crippen molar-refractivity contribution < 1.29 is 9.32 Å². The van der Waals surface area contributed by atoms with Gasteiger partial charge in [0.05, 0.1) is 18.2 Å². The van der Waals surface area contributed by atoms with Crippen LogP contribution in [0.15, 0.2) is 4.52 Å². The monoisotopic (exact) mass is 242 g/mol. The lowest BCUT2D eigenvalue weighted by Gasteiger charge is -2.21. The van der Waals surface area contributed by atoms with Crippen LogP contribution < -0.4 is 10.6 Å². The lowest BCUT2D eigenvalue weighted by Crippen LogP contribution is -2.53. The largest absolute Gasteiger partial charge is 0.353 e. The fourth-order valence-corrected chi connectivity index (χ4v) is 1.92. The van der Waals surface area contributed by atoms with Gasteiger partial charge in [0.1, 0.15) is 0 Å². The third kappa shape index (κ3) is 2.73. The highest BCUT2D eigenvalue weighted by Gasteiger charge is 2.23. The van der Waals surface area contributed by atoms with Gasteiger partial charge in [-0.15, -0.1) is 0 Å². The summed E-state index contributed by atoms with van der Waals surface area (Å²) in [5.41, 5.74) is 0. The molecule has 0 aliphatic carbocycles. The molecular formula is C9H14N4O2S. The first kappa shape index (κ1) is 11.4. The molecule has 2 rings (SSSR count). The fourth-order valence-electron chi connectivity index (χ4n) is 1.55.